The predicted molar refractivity (Wildman–Crippen MR) is 90.5 cm³/mol. The van der Waals surface area contributed by atoms with Crippen LogP contribution < -0.4 is 10.2 Å². The maximum Gasteiger partial charge on any atom is 0.316 e. The largest absolute Gasteiger partial charge is 0.352 e. The highest BCUT2D eigenvalue weighted by Gasteiger charge is 2.34. The van der Waals surface area contributed by atoms with E-state index >= 15 is 0 Å². The first-order valence-corrected chi connectivity index (χ1v) is 8.47. The Morgan fingerprint density at radius 1 is 1.29 bits per heavy atom. The molecule has 0 aliphatic carbocycles. The van der Waals surface area contributed by atoms with Gasteiger partial charge in [-0.3, -0.25) is 14.4 Å². The molecule has 2 aliphatic rings. The Kier molecular flexibility index (Phi) is 4.55. The average Bonchev–Trinajstić information content (AvgIpc) is 3.17. The Labute approximate surface area is 141 Å². The number of carbonyl (C=O) groups excluding carboxylic acids is 3. The summed E-state index contributed by atoms with van der Waals surface area (Å²) in [5, 5.41) is 2.86. The van der Waals surface area contributed by atoms with Gasteiger partial charge in [-0.05, 0) is 38.3 Å². The predicted octanol–water partition coefficient (Wildman–Crippen LogP) is 1.09. The van der Waals surface area contributed by atoms with Gasteiger partial charge in [0.2, 0.25) is 5.91 Å². The summed E-state index contributed by atoms with van der Waals surface area (Å²) in [5.74, 6) is -0.975. The molecule has 0 aromatic heterocycles. The molecule has 0 bridgehead atoms. The van der Waals surface area contributed by atoms with E-state index in [1.54, 1.807) is 9.80 Å². The first-order valence-electron chi connectivity index (χ1n) is 8.47. The smallest absolute Gasteiger partial charge is 0.316 e. The molecule has 1 fully saturated rings. The average molecular weight is 329 g/mol. The van der Waals surface area contributed by atoms with Crippen LogP contribution in [-0.4, -0.2) is 47.8 Å². The third-order valence-electron chi connectivity index (χ3n) is 4.70. The molecule has 128 valence electrons. The molecule has 2 aliphatic heterocycles. The minimum Gasteiger partial charge on any atom is -0.352 e. The number of hydrogen-bond acceptors (Lipinski definition) is 3. The third kappa shape index (κ3) is 3.13. The minimum absolute atomic E-state index is 0.0101. The number of carbonyl (C=O) groups is 3. The topological polar surface area (TPSA) is 69.7 Å². The van der Waals surface area contributed by atoms with E-state index in [1.807, 2.05) is 38.1 Å². The molecule has 3 rings (SSSR count). The summed E-state index contributed by atoms with van der Waals surface area (Å²) in [6.45, 7) is 4.69. The van der Waals surface area contributed by atoms with E-state index < -0.39 is 11.8 Å². The lowest BCUT2D eigenvalue weighted by molar-refractivity contribution is -0.145. The fourth-order valence-electron chi connectivity index (χ4n) is 3.37. The molecule has 1 saturated heterocycles. The van der Waals surface area contributed by atoms with Gasteiger partial charge in [-0.15, -0.1) is 0 Å². The van der Waals surface area contributed by atoms with Gasteiger partial charge in [0, 0.05) is 37.3 Å². The van der Waals surface area contributed by atoms with Crippen molar-refractivity contribution in [2.45, 2.75) is 45.2 Å². The van der Waals surface area contributed by atoms with Crippen molar-refractivity contribution in [2.75, 3.05) is 18.0 Å². The Balaban J connectivity index is 1.73. The van der Waals surface area contributed by atoms with E-state index in [2.05, 4.69) is 5.32 Å². The zero-order chi connectivity index (χ0) is 17.3. The van der Waals surface area contributed by atoms with Crippen molar-refractivity contribution >= 4 is 23.4 Å². The molecule has 2 heterocycles. The van der Waals surface area contributed by atoms with Crippen molar-refractivity contribution in [2.24, 2.45) is 0 Å². The van der Waals surface area contributed by atoms with Crippen LogP contribution in [0.5, 0.6) is 0 Å². The van der Waals surface area contributed by atoms with Crippen molar-refractivity contribution in [3.05, 3.63) is 29.8 Å². The lowest BCUT2D eigenvalue weighted by Gasteiger charge is -2.30. The van der Waals surface area contributed by atoms with Crippen LogP contribution in [0.2, 0.25) is 0 Å². The molecule has 6 heteroatoms. The van der Waals surface area contributed by atoms with Gasteiger partial charge in [0.25, 0.3) is 0 Å². The fraction of sp³-hybridized carbons (Fsp3) is 0.500. The van der Waals surface area contributed by atoms with Crippen LogP contribution in [-0.2, 0) is 20.8 Å². The molecule has 0 radical (unpaired) electrons. The van der Waals surface area contributed by atoms with E-state index in [0.29, 0.717) is 25.9 Å². The Bertz CT molecular complexity index is 671. The van der Waals surface area contributed by atoms with Gasteiger partial charge in [0.05, 0.1) is 0 Å². The SMILES string of the molecule is CC(C)N(C[C@@H]1CCC(=O)N1)C(=O)C(=O)N1CCc2ccccc21. The van der Waals surface area contributed by atoms with Gasteiger partial charge in [-0.25, -0.2) is 0 Å². The zero-order valence-corrected chi connectivity index (χ0v) is 14.1. The number of para-hydroxylation sites is 1. The molecule has 1 atom stereocenters. The quantitative estimate of drug-likeness (QED) is 0.844. The monoisotopic (exact) mass is 329 g/mol. The highest BCUT2D eigenvalue weighted by Crippen LogP contribution is 2.27. The van der Waals surface area contributed by atoms with Gasteiger partial charge >= 0.3 is 11.8 Å². The fourth-order valence-corrected chi connectivity index (χ4v) is 3.37. The summed E-state index contributed by atoms with van der Waals surface area (Å²) < 4.78 is 0. The summed E-state index contributed by atoms with van der Waals surface area (Å²) in [4.78, 5) is 40.0. The van der Waals surface area contributed by atoms with Crippen LogP contribution in [0.15, 0.2) is 24.3 Å². The van der Waals surface area contributed by atoms with Crippen molar-refractivity contribution in [3.63, 3.8) is 0 Å². The van der Waals surface area contributed by atoms with Crippen LogP contribution >= 0.6 is 0 Å². The maximum absolute atomic E-state index is 12.8. The van der Waals surface area contributed by atoms with Crippen molar-refractivity contribution in [3.8, 4) is 0 Å². The number of hydrogen-bond donors (Lipinski definition) is 1. The summed E-state index contributed by atoms with van der Waals surface area (Å²) >= 11 is 0. The number of anilines is 1. The van der Waals surface area contributed by atoms with Crippen LogP contribution in [0.25, 0.3) is 0 Å². The third-order valence-corrected chi connectivity index (χ3v) is 4.70. The van der Waals surface area contributed by atoms with E-state index in [9.17, 15) is 14.4 Å². The Hall–Kier alpha value is -2.37. The van der Waals surface area contributed by atoms with Crippen molar-refractivity contribution in [1.29, 1.82) is 0 Å². The lowest BCUT2D eigenvalue weighted by atomic mass is 10.1. The number of nitrogens with zero attached hydrogens (tertiary/aromatic N) is 2. The van der Waals surface area contributed by atoms with Gasteiger partial charge < -0.3 is 15.1 Å². The number of benzene rings is 1. The zero-order valence-electron chi connectivity index (χ0n) is 14.1. The molecule has 1 N–H and O–H groups in total. The highest BCUT2D eigenvalue weighted by molar-refractivity contribution is 6.40. The van der Waals surface area contributed by atoms with E-state index in [0.717, 1.165) is 17.7 Å². The van der Waals surface area contributed by atoms with Crippen molar-refractivity contribution in [1.82, 2.24) is 10.2 Å². The summed E-state index contributed by atoms with van der Waals surface area (Å²) in [5.41, 5.74) is 1.92. The normalized spacial score (nSPS) is 19.4. The second-order valence-electron chi connectivity index (χ2n) is 6.69. The van der Waals surface area contributed by atoms with Crippen LogP contribution in [0.3, 0.4) is 0 Å². The standard InChI is InChI=1S/C18H23N3O3/c1-12(2)21(11-14-7-8-16(22)19-14)18(24)17(23)20-10-9-13-5-3-4-6-15(13)20/h3-6,12,14H,7-11H2,1-2H3,(H,19,22)/t14-/m0/s1. The van der Waals surface area contributed by atoms with E-state index in [4.69, 9.17) is 0 Å². The second kappa shape index (κ2) is 6.63. The lowest BCUT2D eigenvalue weighted by Crippen LogP contribution is -2.51. The van der Waals surface area contributed by atoms with Gasteiger partial charge in [-0.2, -0.15) is 0 Å². The van der Waals surface area contributed by atoms with Gasteiger partial charge in [0.1, 0.15) is 0 Å². The minimum atomic E-state index is -0.497. The number of nitrogens with one attached hydrogen (secondary N) is 1. The second-order valence-corrected chi connectivity index (χ2v) is 6.69. The van der Waals surface area contributed by atoms with Crippen molar-refractivity contribution < 1.29 is 14.4 Å². The molecule has 1 aromatic rings. The molecule has 6 nitrogen and oxygen atoms in total. The molecule has 0 saturated carbocycles. The summed E-state index contributed by atoms with van der Waals surface area (Å²) in [7, 11) is 0. The summed E-state index contributed by atoms with van der Waals surface area (Å²) in [6, 6.07) is 7.52. The van der Waals surface area contributed by atoms with Crippen LogP contribution in [0, 0.1) is 0 Å². The molecule has 0 spiro atoms. The van der Waals surface area contributed by atoms with Gasteiger partial charge in [-0.1, -0.05) is 18.2 Å². The Morgan fingerprint density at radius 2 is 2.04 bits per heavy atom. The first-order chi connectivity index (χ1) is 11.5. The number of fused-ring (bicyclic) bond motifs is 1. The summed E-state index contributed by atoms with van der Waals surface area (Å²) in [6.07, 6.45) is 1.96. The first kappa shape index (κ1) is 16.5. The molecule has 1 aromatic carbocycles. The molecular weight excluding hydrogens is 306 g/mol. The van der Waals surface area contributed by atoms with Crippen LogP contribution in [0.4, 0.5) is 5.69 Å². The van der Waals surface area contributed by atoms with Gasteiger partial charge in [0.15, 0.2) is 0 Å². The molecule has 3 amide bonds. The van der Waals surface area contributed by atoms with Crippen LogP contribution in [0.1, 0.15) is 32.3 Å². The highest BCUT2D eigenvalue weighted by atomic mass is 16.2. The molecular formula is C18H23N3O3. The molecule has 24 heavy (non-hydrogen) atoms. The Morgan fingerprint density at radius 3 is 2.71 bits per heavy atom. The number of amides is 3. The van der Waals surface area contributed by atoms with E-state index in [1.165, 1.54) is 0 Å². The van der Waals surface area contributed by atoms with E-state index in [-0.39, 0.29) is 18.0 Å². The maximum atomic E-state index is 12.8. The number of rotatable bonds is 3. The molecule has 0 unspecified atom stereocenters.